The van der Waals surface area contributed by atoms with Crippen LogP contribution in [0.4, 0.5) is 0 Å². The van der Waals surface area contributed by atoms with E-state index < -0.39 is 11.7 Å². The summed E-state index contributed by atoms with van der Waals surface area (Å²) in [4.78, 5) is 16.3. The highest BCUT2D eigenvalue weighted by Gasteiger charge is 2.36. The van der Waals surface area contributed by atoms with Crippen LogP contribution in [0.15, 0.2) is 48.5 Å². The van der Waals surface area contributed by atoms with E-state index in [0.717, 1.165) is 31.5 Å². The van der Waals surface area contributed by atoms with Gasteiger partial charge in [0.25, 0.3) is 0 Å². The van der Waals surface area contributed by atoms with E-state index in [1.54, 1.807) is 24.3 Å². The number of likely N-dealkylation sites (tertiary alicyclic amines) is 2. The normalized spacial score (nSPS) is 19.3. The molecule has 2 heterocycles. The number of amides is 1. The topological polar surface area (TPSA) is 73.2 Å². The quantitative estimate of drug-likeness (QED) is 0.508. The lowest BCUT2D eigenvalue weighted by Crippen LogP contribution is -2.46. The number of β-amino-alcohol motifs (C(OH)–C–C–N with tert-alkyl or cyclic N) is 1. The van der Waals surface area contributed by atoms with Gasteiger partial charge in [-0.2, -0.15) is 0 Å². The molecule has 0 bridgehead atoms. The maximum absolute atomic E-state index is 12.3. The van der Waals surface area contributed by atoms with Crippen molar-refractivity contribution in [1.82, 2.24) is 9.80 Å². The first-order valence-electron chi connectivity index (χ1n) is 12.1. The number of nitrogens with zero attached hydrogens (tertiary/aromatic N) is 2. The van der Waals surface area contributed by atoms with Crippen molar-refractivity contribution in [2.45, 2.75) is 37.4 Å². The Labute approximate surface area is 216 Å². The zero-order chi connectivity index (χ0) is 24.8. The molecule has 0 aliphatic carbocycles. The fourth-order valence-electron chi connectivity index (χ4n) is 4.73. The van der Waals surface area contributed by atoms with Crippen molar-refractivity contribution in [2.24, 2.45) is 0 Å². The van der Waals surface area contributed by atoms with Gasteiger partial charge in [0.05, 0.1) is 15.6 Å². The number of aliphatic hydroxyl groups excluding tert-OH is 1. The number of ether oxygens (including phenoxy) is 1. The van der Waals surface area contributed by atoms with Crippen LogP contribution in [0, 0.1) is 0 Å². The molecule has 35 heavy (non-hydrogen) atoms. The maximum Gasteiger partial charge on any atom is 0.246 e. The molecule has 4 rings (SSSR count). The van der Waals surface area contributed by atoms with E-state index in [-0.39, 0.29) is 12.5 Å². The van der Waals surface area contributed by atoms with Crippen molar-refractivity contribution in [3.63, 3.8) is 0 Å². The first-order chi connectivity index (χ1) is 16.9. The molecule has 2 aromatic rings. The van der Waals surface area contributed by atoms with Crippen LogP contribution in [-0.2, 0) is 10.4 Å². The van der Waals surface area contributed by atoms with Gasteiger partial charge in [-0.05, 0) is 43.9 Å². The lowest BCUT2D eigenvalue weighted by Gasteiger charge is -2.39. The standard InChI is InChI=1S/C27H32Cl2N2O4/c28-23-8-5-7-22(26(23)29)27(34)12-16-30(17-13-27)18-21(32)19-35-24-9-2-1-6-20(24)10-11-25(33)31-14-3-4-15-31/h1-2,5-11,21,32,34H,3-4,12-19H2. The number of hydrogen-bond donors (Lipinski definition) is 2. The van der Waals surface area contributed by atoms with Crippen LogP contribution in [0.5, 0.6) is 5.75 Å². The van der Waals surface area contributed by atoms with Gasteiger partial charge in [0.2, 0.25) is 5.91 Å². The lowest BCUT2D eigenvalue weighted by atomic mass is 9.84. The van der Waals surface area contributed by atoms with Crippen LogP contribution in [0.3, 0.4) is 0 Å². The molecule has 0 aromatic heterocycles. The highest BCUT2D eigenvalue weighted by Crippen LogP contribution is 2.39. The minimum Gasteiger partial charge on any atom is -0.490 e. The van der Waals surface area contributed by atoms with Crippen molar-refractivity contribution in [2.75, 3.05) is 39.3 Å². The Kier molecular flexibility index (Phi) is 8.73. The van der Waals surface area contributed by atoms with Gasteiger partial charge in [-0.1, -0.05) is 53.5 Å². The van der Waals surface area contributed by atoms with E-state index in [0.29, 0.717) is 53.8 Å². The molecule has 1 amide bonds. The summed E-state index contributed by atoms with van der Waals surface area (Å²) < 4.78 is 5.90. The van der Waals surface area contributed by atoms with Gasteiger partial charge in [0, 0.05) is 49.9 Å². The molecule has 8 heteroatoms. The summed E-state index contributed by atoms with van der Waals surface area (Å²) in [5.41, 5.74) is 0.425. The molecule has 2 aliphatic heterocycles. The number of para-hydroxylation sites is 1. The third-order valence-electron chi connectivity index (χ3n) is 6.78. The third-order valence-corrected chi connectivity index (χ3v) is 7.60. The van der Waals surface area contributed by atoms with E-state index >= 15 is 0 Å². The average molecular weight is 519 g/mol. The van der Waals surface area contributed by atoms with Gasteiger partial charge in [-0.15, -0.1) is 0 Å². The summed E-state index contributed by atoms with van der Waals surface area (Å²) in [6.45, 7) is 3.43. The number of halogens is 2. The van der Waals surface area contributed by atoms with Gasteiger partial charge < -0.3 is 24.7 Å². The molecule has 2 fully saturated rings. The molecule has 6 nitrogen and oxygen atoms in total. The maximum atomic E-state index is 12.3. The monoisotopic (exact) mass is 518 g/mol. The van der Waals surface area contributed by atoms with Gasteiger partial charge >= 0.3 is 0 Å². The summed E-state index contributed by atoms with van der Waals surface area (Å²) in [5.74, 6) is 0.641. The molecular weight excluding hydrogens is 487 g/mol. The van der Waals surface area contributed by atoms with Gasteiger partial charge in [-0.3, -0.25) is 4.79 Å². The van der Waals surface area contributed by atoms with Crippen molar-refractivity contribution in [3.8, 4) is 5.75 Å². The molecule has 2 N–H and O–H groups in total. The molecule has 188 valence electrons. The number of carbonyl (C=O) groups excluding carboxylic acids is 1. The van der Waals surface area contributed by atoms with E-state index in [2.05, 4.69) is 4.90 Å². The Bertz CT molecular complexity index is 1050. The van der Waals surface area contributed by atoms with E-state index in [1.165, 1.54) is 0 Å². The van der Waals surface area contributed by atoms with Gasteiger partial charge in [0.15, 0.2) is 0 Å². The summed E-state index contributed by atoms with van der Waals surface area (Å²) in [6, 6.07) is 12.8. The van der Waals surface area contributed by atoms with Crippen LogP contribution >= 0.6 is 23.2 Å². The average Bonchev–Trinajstić information content (AvgIpc) is 3.40. The SMILES string of the molecule is O=C(C=Cc1ccccc1OCC(O)CN1CCC(O)(c2cccc(Cl)c2Cl)CC1)N1CCCC1. The number of hydrogen-bond acceptors (Lipinski definition) is 5. The molecule has 0 saturated carbocycles. The van der Waals surface area contributed by atoms with Crippen LogP contribution in [0.2, 0.25) is 10.0 Å². The molecule has 2 aliphatic rings. The predicted molar refractivity (Wildman–Crippen MR) is 139 cm³/mol. The molecule has 1 atom stereocenters. The highest BCUT2D eigenvalue weighted by molar-refractivity contribution is 6.42. The number of carbonyl (C=O) groups is 1. The molecule has 2 aromatic carbocycles. The Morgan fingerprint density at radius 1 is 1.06 bits per heavy atom. The predicted octanol–water partition coefficient (Wildman–Crippen LogP) is 4.35. The van der Waals surface area contributed by atoms with Crippen molar-refractivity contribution < 1.29 is 19.7 Å². The second-order valence-corrected chi connectivity index (χ2v) is 10.1. The zero-order valence-corrected chi connectivity index (χ0v) is 21.2. The summed E-state index contributed by atoms with van der Waals surface area (Å²) in [5, 5.41) is 22.6. The smallest absolute Gasteiger partial charge is 0.246 e. The Morgan fingerprint density at radius 2 is 1.77 bits per heavy atom. The van der Waals surface area contributed by atoms with Crippen LogP contribution in [0.25, 0.3) is 6.08 Å². The second kappa shape index (κ2) is 11.8. The van der Waals surface area contributed by atoms with Crippen molar-refractivity contribution in [1.29, 1.82) is 0 Å². The lowest BCUT2D eigenvalue weighted by molar-refractivity contribution is -0.124. The largest absolute Gasteiger partial charge is 0.490 e. The van der Waals surface area contributed by atoms with Crippen molar-refractivity contribution in [3.05, 3.63) is 69.7 Å². The Balaban J connectivity index is 1.27. The van der Waals surface area contributed by atoms with Gasteiger partial charge in [0.1, 0.15) is 18.5 Å². The van der Waals surface area contributed by atoms with Crippen LogP contribution in [0.1, 0.15) is 36.8 Å². The van der Waals surface area contributed by atoms with Gasteiger partial charge in [-0.25, -0.2) is 0 Å². The summed E-state index contributed by atoms with van der Waals surface area (Å²) in [7, 11) is 0. The third kappa shape index (κ3) is 6.57. The molecule has 1 unspecified atom stereocenters. The Hall–Kier alpha value is -2.09. The minimum absolute atomic E-state index is 0.0152. The van der Waals surface area contributed by atoms with E-state index in [1.807, 2.05) is 35.2 Å². The highest BCUT2D eigenvalue weighted by atomic mass is 35.5. The molecule has 2 saturated heterocycles. The van der Waals surface area contributed by atoms with Crippen molar-refractivity contribution >= 4 is 35.2 Å². The van der Waals surface area contributed by atoms with Crippen LogP contribution in [-0.4, -0.2) is 71.4 Å². The van der Waals surface area contributed by atoms with Crippen LogP contribution < -0.4 is 4.74 Å². The minimum atomic E-state index is -1.03. The zero-order valence-electron chi connectivity index (χ0n) is 19.7. The molecular formula is C27H32Cl2N2O4. The fraction of sp³-hybridized carbons (Fsp3) is 0.444. The summed E-state index contributed by atoms with van der Waals surface area (Å²) in [6.07, 6.45) is 5.78. The Morgan fingerprint density at radius 3 is 2.51 bits per heavy atom. The van der Waals surface area contributed by atoms with E-state index in [9.17, 15) is 15.0 Å². The number of aliphatic hydroxyl groups is 2. The number of rotatable bonds is 8. The molecule has 0 radical (unpaired) electrons. The first kappa shape index (κ1) is 26.0. The van der Waals surface area contributed by atoms with E-state index in [4.69, 9.17) is 27.9 Å². The molecule has 0 spiro atoms. The summed E-state index contributed by atoms with van der Waals surface area (Å²) >= 11 is 12.5. The second-order valence-electron chi connectivity index (χ2n) is 9.30. The first-order valence-corrected chi connectivity index (χ1v) is 12.9. The fourth-order valence-corrected chi connectivity index (χ4v) is 5.20. The number of benzene rings is 2. The number of piperidine rings is 1.